The molecule has 1 aromatic rings. The van der Waals surface area contributed by atoms with Gasteiger partial charge in [0.1, 0.15) is 5.82 Å². The van der Waals surface area contributed by atoms with E-state index in [2.05, 4.69) is 19.2 Å². The zero-order chi connectivity index (χ0) is 15.3. The van der Waals surface area contributed by atoms with E-state index in [9.17, 15) is 14.0 Å². The number of rotatable bonds is 1. The molecule has 1 saturated carbocycles. The highest BCUT2D eigenvalue weighted by Crippen LogP contribution is 2.58. The summed E-state index contributed by atoms with van der Waals surface area (Å²) in [5.74, 6) is -1.10. The van der Waals surface area contributed by atoms with Crippen LogP contribution in [0.2, 0.25) is 0 Å². The lowest BCUT2D eigenvalue weighted by atomic mass is 9.65. The van der Waals surface area contributed by atoms with Gasteiger partial charge in [0, 0.05) is 6.42 Å². The second-order valence-electron chi connectivity index (χ2n) is 7.28. The van der Waals surface area contributed by atoms with E-state index in [0.717, 1.165) is 24.8 Å². The number of halogens is 1. The van der Waals surface area contributed by atoms with E-state index in [1.54, 1.807) is 12.1 Å². The molecule has 2 aliphatic rings. The number of nitrogens with one attached hydrogen (secondary N) is 1. The topological polar surface area (TPSA) is 46.2 Å². The van der Waals surface area contributed by atoms with E-state index in [1.165, 1.54) is 12.1 Å². The van der Waals surface area contributed by atoms with Crippen LogP contribution in [0.15, 0.2) is 24.3 Å². The molecule has 3 nitrogen and oxygen atoms in total. The molecule has 1 aliphatic carbocycles. The molecular weight excluding hydrogens is 269 g/mol. The van der Waals surface area contributed by atoms with Gasteiger partial charge in [0.15, 0.2) is 0 Å². The molecule has 0 radical (unpaired) electrons. The number of hydrogen-bond donors (Lipinski definition) is 1. The number of benzene rings is 1. The Balaban J connectivity index is 2.03. The molecule has 2 unspecified atom stereocenters. The smallest absolute Gasteiger partial charge is 0.234 e. The molecule has 2 atom stereocenters. The first-order valence-electron chi connectivity index (χ1n) is 7.41. The van der Waals surface area contributed by atoms with Gasteiger partial charge in [-0.25, -0.2) is 4.39 Å². The zero-order valence-electron chi connectivity index (χ0n) is 12.4. The molecule has 1 N–H and O–H groups in total. The van der Waals surface area contributed by atoms with Crippen molar-refractivity contribution in [2.75, 3.05) is 0 Å². The molecule has 1 aliphatic heterocycles. The first-order valence-corrected chi connectivity index (χ1v) is 7.41. The highest BCUT2D eigenvalue weighted by molar-refractivity contribution is 6.02. The first-order chi connectivity index (χ1) is 9.81. The fourth-order valence-corrected chi connectivity index (χ4v) is 4.23. The molecule has 4 heteroatoms. The summed E-state index contributed by atoms with van der Waals surface area (Å²) in [5, 5.41) is 2.45. The number of carbonyl (C=O) groups is 2. The normalized spacial score (nSPS) is 31.5. The highest BCUT2D eigenvalue weighted by atomic mass is 19.1. The van der Waals surface area contributed by atoms with Gasteiger partial charge in [0.05, 0.1) is 5.92 Å². The van der Waals surface area contributed by atoms with Crippen LogP contribution < -0.4 is 5.32 Å². The SMILES string of the molecule is CC1(C)CCC2(CC(=O)NC(=O)C2c2ccc(F)cc2)C1. The van der Waals surface area contributed by atoms with Crippen molar-refractivity contribution in [1.82, 2.24) is 5.32 Å². The summed E-state index contributed by atoms with van der Waals surface area (Å²) in [6.45, 7) is 4.36. The van der Waals surface area contributed by atoms with Crippen LogP contribution in [-0.4, -0.2) is 11.8 Å². The molecule has 3 rings (SSSR count). The maximum absolute atomic E-state index is 13.2. The second-order valence-corrected chi connectivity index (χ2v) is 7.28. The Morgan fingerprint density at radius 2 is 1.81 bits per heavy atom. The predicted octanol–water partition coefficient (Wildman–Crippen LogP) is 3.15. The predicted molar refractivity (Wildman–Crippen MR) is 77.0 cm³/mol. The lowest BCUT2D eigenvalue weighted by Gasteiger charge is -2.41. The Labute approximate surface area is 123 Å². The van der Waals surface area contributed by atoms with Crippen LogP contribution in [0.5, 0.6) is 0 Å². The molecule has 112 valence electrons. The molecule has 1 heterocycles. The number of imide groups is 1. The van der Waals surface area contributed by atoms with Gasteiger partial charge >= 0.3 is 0 Å². The minimum atomic E-state index is -0.363. The minimum Gasteiger partial charge on any atom is -0.296 e. The van der Waals surface area contributed by atoms with E-state index in [1.807, 2.05) is 0 Å². The Morgan fingerprint density at radius 3 is 2.38 bits per heavy atom. The van der Waals surface area contributed by atoms with Crippen molar-refractivity contribution in [2.24, 2.45) is 10.8 Å². The molecule has 21 heavy (non-hydrogen) atoms. The second kappa shape index (κ2) is 4.65. The third kappa shape index (κ3) is 2.47. The molecule has 2 amide bonds. The third-order valence-corrected chi connectivity index (χ3v) is 4.98. The third-order valence-electron chi connectivity index (χ3n) is 4.98. The van der Waals surface area contributed by atoms with Crippen molar-refractivity contribution in [1.29, 1.82) is 0 Å². The molecule has 0 aromatic heterocycles. The maximum atomic E-state index is 13.2. The lowest BCUT2D eigenvalue weighted by Crippen LogP contribution is -2.50. The standard InChI is InChI=1S/C17H20FNO2/c1-16(2)7-8-17(10-16)9-13(20)19-15(21)14(17)11-3-5-12(18)6-4-11/h3-6,14H,7-10H2,1-2H3,(H,19,20,21). The van der Waals surface area contributed by atoms with Crippen LogP contribution in [0.4, 0.5) is 4.39 Å². The highest BCUT2D eigenvalue weighted by Gasteiger charge is 2.54. The molecule has 2 fully saturated rings. The first kappa shape index (κ1) is 14.2. The molecular formula is C17H20FNO2. The number of carbonyl (C=O) groups excluding carboxylic acids is 2. The lowest BCUT2D eigenvalue weighted by molar-refractivity contribution is -0.140. The van der Waals surface area contributed by atoms with E-state index in [-0.39, 0.29) is 34.4 Å². The van der Waals surface area contributed by atoms with Crippen LogP contribution >= 0.6 is 0 Å². The number of piperidine rings is 1. The van der Waals surface area contributed by atoms with Crippen LogP contribution in [0, 0.1) is 16.6 Å². The fraction of sp³-hybridized carbons (Fsp3) is 0.529. The van der Waals surface area contributed by atoms with Gasteiger partial charge in [0.2, 0.25) is 11.8 Å². The summed E-state index contributed by atoms with van der Waals surface area (Å²) in [5.41, 5.74) is 0.621. The molecule has 1 aromatic carbocycles. The van der Waals surface area contributed by atoms with E-state index < -0.39 is 0 Å². The van der Waals surface area contributed by atoms with Crippen LogP contribution in [0.25, 0.3) is 0 Å². The van der Waals surface area contributed by atoms with E-state index >= 15 is 0 Å². The quantitative estimate of drug-likeness (QED) is 0.807. The van der Waals surface area contributed by atoms with Crippen LogP contribution in [0.1, 0.15) is 51.0 Å². The average Bonchev–Trinajstić information content (AvgIpc) is 2.66. The van der Waals surface area contributed by atoms with E-state index in [4.69, 9.17) is 0 Å². The summed E-state index contributed by atoms with van der Waals surface area (Å²) >= 11 is 0. The average molecular weight is 289 g/mol. The maximum Gasteiger partial charge on any atom is 0.234 e. The van der Waals surface area contributed by atoms with Gasteiger partial charge in [-0.2, -0.15) is 0 Å². The van der Waals surface area contributed by atoms with Gasteiger partial charge < -0.3 is 0 Å². The minimum absolute atomic E-state index is 0.135. The summed E-state index contributed by atoms with van der Waals surface area (Å²) in [6.07, 6.45) is 3.10. The van der Waals surface area contributed by atoms with Crippen molar-refractivity contribution in [3.05, 3.63) is 35.6 Å². The summed E-state index contributed by atoms with van der Waals surface area (Å²) in [7, 11) is 0. The molecule has 1 spiro atoms. The van der Waals surface area contributed by atoms with Crippen molar-refractivity contribution >= 4 is 11.8 Å². The Hall–Kier alpha value is -1.71. The zero-order valence-corrected chi connectivity index (χ0v) is 12.4. The van der Waals surface area contributed by atoms with E-state index in [0.29, 0.717) is 6.42 Å². The van der Waals surface area contributed by atoms with Crippen molar-refractivity contribution in [2.45, 2.75) is 45.4 Å². The van der Waals surface area contributed by atoms with Gasteiger partial charge in [-0.05, 0) is 47.8 Å². The fourth-order valence-electron chi connectivity index (χ4n) is 4.23. The van der Waals surface area contributed by atoms with Crippen molar-refractivity contribution < 1.29 is 14.0 Å². The molecule has 1 saturated heterocycles. The van der Waals surface area contributed by atoms with Crippen LogP contribution in [0.3, 0.4) is 0 Å². The Bertz CT molecular complexity index is 593. The van der Waals surface area contributed by atoms with Gasteiger partial charge in [-0.1, -0.05) is 26.0 Å². The Morgan fingerprint density at radius 1 is 1.14 bits per heavy atom. The van der Waals surface area contributed by atoms with Gasteiger partial charge in [-0.15, -0.1) is 0 Å². The largest absolute Gasteiger partial charge is 0.296 e. The molecule has 0 bridgehead atoms. The van der Waals surface area contributed by atoms with Gasteiger partial charge in [0.25, 0.3) is 0 Å². The van der Waals surface area contributed by atoms with Crippen LogP contribution in [-0.2, 0) is 9.59 Å². The number of hydrogen-bond acceptors (Lipinski definition) is 2. The Kier molecular flexibility index (Phi) is 3.15. The summed E-state index contributed by atoms with van der Waals surface area (Å²) in [4.78, 5) is 24.3. The summed E-state index contributed by atoms with van der Waals surface area (Å²) < 4.78 is 13.2. The van der Waals surface area contributed by atoms with Crippen molar-refractivity contribution in [3.8, 4) is 0 Å². The summed E-state index contributed by atoms with van der Waals surface area (Å²) in [6, 6.07) is 6.10. The van der Waals surface area contributed by atoms with Gasteiger partial charge in [-0.3, -0.25) is 14.9 Å². The monoisotopic (exact) mass is 289 g/mol. The number of amides is 2. The van der Waals surface area contributed by atoms with Crippen molar-refractivity contribution in [3.63, 3.8) is 0 Å².